The second kappa shape index (κ2) is 8.52. The summed E-state index contributed by atoms with van der Waals surface area (Å²) in [6, 6.07) is 0. The molecule has 0 aromatic carbocycles. The molecule has 2 N–H and O–H groups in total. The highest BCUT2D eigenvalue weighted by molar-refractivity contribution is 5.25. The Bertz CT molecular complexity index is 644. The van der Waals surface area contributed by atoms with Crippen molar-refractivity contribution in [2.24, 2.45) is 34.5 Å². The quantitative estimate of drug-likeness (QED) is 0.507. The number of ether oxygens (including phenoxy) is 1. The van der Waals surface area contributed by atoms with E-state index in [2.05, 4.69) is 26.8 Å². The maximum atomic E-state index is 10.8. The maximum absolute atomic E-state index is 10.8. The van der Waals surface area contributed by atoms with E-state index in [-0.39, 0.29) is 6.10 Å². The smallest absolute Gasteiger partial charge is 0.0877 e. The van der Waals surface area contributed by atoms with Crippen LogP contribution in [0, 0.1) is 34.5 Å². The summed E-state index contributed by atoms with van der Waals surface area (Å²) in [6.07, 6.45) is 16.4. The summed E-state index contributed by atoms with van der Waals surface area (Å²) < 4.78 is 5.27. The third kappa shape index (κ3) is 3.82. The Balaban J connectivity index is 1.43. The highest BCUT2D eigenvalue weighted by atomic mass is 16.5. The molecule has 3 heteroatoms. The minimum absolute atomic E-state index is 0.106. The number of aliphatic hydroxyl groups excluding tert-OH is 1. The normalized spacial score (nSPS) is 45.1. The molecule has 3 fully saturated rings. The van der Waals surface area contributed by atoms with Gasteiger partial charge in [-0.05, 0) is 105 Å². The van der Waals surface area contributed by atoms with Crippen LogP contribution in [0.3, 0.4) is 0 Å². The Hall–Kier alpha value is -0.380. The SMILES string of the molecule is CCC(O)(CCC[C@H]1CCC2[C@@H]3CC=C4CC(O)CCC4(C)C3CCC21C)COC. The average Bonchev–Trinajstić information content (AvgIpc) is 3.05. The van der Waals surface area contributed by atoms with Crippen molar-refractivity contribution in [1.82, 2.24) is 0 Å². The molecule has 172 valence electrons. The minimum Gasteiger partial charge on any atom is -0.393 e. The van der Waals surface area contributed by atoms with Crippen LogP contribution in [0.2, 0.25) is 0 Å². The van der Waals surface area contributed by atoms with Gasteiger partial charge in [-0.3, -0.25) is 0 Å². The summed E-state index contributed by atoms with van der Waals surface area (Å²) in [4.78, 5) is 0. The molecule has 3 nitrogen and oxygen atoms in total. The van der Waals surface area contributed by atoms with Crippen LogP contribution < -0.4 is 0 Å². The largest absolute Gasteiger partial charge is 0.393 e. The van der Waals surface area contributed by atoms with Gasteiger partial charge in [-0.25, -0.2) is 0 Å². The molecule has 0 amide bonds. The van der Waals surface area contributed by atoms with E-state index in [1.54, 1.807) is 12.7 Å². The first-order chi connectivity index (χ1) is 14.3. The Morgan fingerprint density at radius 3 is 2.67 bits per heavy atom. The highest BCUT2D eigenvalue weighted by Crippen LogP contribution is 2.66. The van der Waals surface area contributed by atoms with Crippen LogP contribution >= 0.6 is 0 Å². The molecule has 4 aliphatic carbocycles. The van der Waals surface area contributed by atoms with Crippen molar-refractivity contribution in [3.8, 4) is 0 Å². The van der Waals surface area contributed by atoms with Gasteiger partial charge in [0.2, 0.25) is 0 Å². The van der Waals surface area contributed by atoms with Crippen LogP contribution in [0.4, 0.5) is 0 Å². The number of hydrogen-bond acceptors (Lipinski definition) is 3. The molecule has 4 aliphatic rings. The highest BCUT2D eigenvalue weighted by Gasteiger charge is 2.58. The fourth-order valence-corrected chi connectivity index (χ4v) is 8.52. The molecular formula is C27H46O3. The molecule has 30 heavy (non-hydrogen) atoms. The summed E-state index contributed by atoms with van der Waals surface area (Å²) in [5, 5.41) is 21.0. The molecule has 3 saturated carbocycles. The number of hydrogen-bond donors (Lipinski definition) is 2. The second-order valence-electron chi connectivity index (χ2n) is 11.9. The average molecular weight is 419 g/mol. The first-order valence-electron chi connectivity index (χ1n) is 12.8. The van der Waals surface area contributed by atoms with Gasteiger partial charge in [0.1, 0.15) is 0 Å². The van der Waals surface area contributed by atoms with Crippen molar-refractivity contribution in [3.63, 3.8) is 0 Å². The van der Waals surface area contributed by atoms with Gasteiger partial charge in [-0.2, -0.15) is 0 Å². The van der Waals surface area contributed by atoms with Gasteiger partial charge >= 0.3 is 0 Å². The Morgan fingerprint density at radius 2 is 1.93 bits per heavy atom. The standard InChI is InChI=1S/C27H46O3/c1-5-27(29,18-30-4)14-6-7-19-9-11-23-22-10-8-20-17-21(28)12-15-26(20,3)24(22)13-16-25(19,23)2/h8,19,21-24,28-29H,5-7,9-18H2,1-4H3/t19-,21?,22-,23?,24?,25?,26?,27?/m0/s1. The zero-order valence-corrected chi connectivity index (χ0v) is 20.0. The van der Waals surface area contributed by atoms with Crippen LogP contribution in [0.1, 0.15) is 97.8 Å². The molecule has 8 atom stereocenters. The topological polar surface area (TPSA) is 49.7 Å². The van der Waals surface area contributed by atoms with Gasteiger partial charge in [0.25, 0.3) is 0 Å². The first kappa shape index (κ1) is 22.8. The summed E-state index contributed by atoms with van der Waals surface area (Å²) >= 11 is 0. The number of fused-ring (bicyclic) bond motifs is 5. The van der Waals surface area contributed by atoms with E-state index in [0.29, 0.717) is 17.4 Å². The Labute approximate surface area is 184 Å². The van der Waals surface area contributed by atoms with Gasteiger partial charge in [0.15, 0.2) is 0 Å². The van der Waals surface area contributed by atoms with Crippen molar-refractivity contribution in [2.75, 3.05) is 13.7 Å². The van der Waals surface area contributed by atoms with Crippen LogP contribution in [0.5, 0.6) is 0 Å². The van der Waals surface area contributed by atoms with Gasteiger partial charge in [-0.1, -0.05) is 38.8 Å². The summed E-state index contributed by atoms with van der Waals surface area (Å²) in [5.74, 6) is 3.36. The van der Waals surface area contributed by atoms with E-state index in [4.69, 9.17) is 4.74 Å². The molecule has 0 spiro atoms. The molecule has 0 aromatic rings. The summed E-state index contributed by atoms with van der Waals surface area (Å²) in [5.41, 5.74) is 1.77. The Kier molecular flexibility index (Phi) is 6.48. The van der Waals surface area contributed by atoms with Gasteiger partial charge in [-0.15, -0.1) is 0 Å². The van der Waals surface area contributed by atoms with E-state index >= 15 is 0 Å². The molecule has 4 rings (SSSR count). The van der Waals surface area contributed by atoms with Crippen LogP contribution in [0.25, 0.3) is 0 Å². The number of methoxy groups -OCH3 is 1. The molecule has 0 heterocycles. The van der Waals surface area contributed by atoms with Crippen LogP contribution in [-0.4, -0.2) is 35.6 Å². The first-order valence-corrected chi connectivity index (χ1v) is 12.8. The zero-order valence-electron chi connectivity index (χ0n) is 20.0. The minimum atomic E-state index is -0.643. The maximum Gasteiger partial charge on any atom is 0.0877 e. The van der Waals surface area contributed by atoms with E-state index in [1.807, 2.05) is 0 Å². The molecule has 0 bridgehead atoms. The fourth-order valence-electron chi connectivity index (χ4n) is 8.52. The van der Waals surface area contributed by atoms with E-state index < -0.39 is 5.60 Å². The molecule has 0 aromatic heterocycles. The Morgan fingerprint density at radius 1 is 1.13 bits per heavy atom. The molecule has 6 unspecified atom stereocenters. The monoisotopic (exact) mass is 418 g/mol. The lowest BCUT2D eigenvalue weighted by Crippen LogP contribution is -2.50. The number of allylic oxidation sites excluding steroid dienone is 1. The second-order valence-corrected chi connectivity index (χ2v) is 11.9. The van der Waals surface area contributed by atoms with E-state index in [9.17, 15) is 10.2 Å². The van der Waals surface area contributed by atoms with Crippen molar-refractivity contribution < 1.29 is 14.9 Å². The third-order valence-corrected chi connectivity index (χ3v) is 10.5. The van der Waals surface area contributed by atoms with Crippen molar-refractivity contribution in [3.05, 3.63) is 11.6 Å². The van der Waals surface area contributed by atoms with Gasteiger partial charge in [0, 0.05) is 7.11 Å². The lowest BCUT2D eigenvalue weighted by Gasteiger charge is -2.58. The zero-order chi connectivity index (χ0) is 21.6. The predicted octanol–water partition coefficient (Wildman–Crippen LogP) is 5.88. The lowest BCUT2D eigenvalue weighted by atomic mass is 9.47. The number of aliphatic hydroxyl groups is 2. The van der Waals surface area contributed by atoms with Crippen molar-refractivity contribution >= 4 is 0 Å². The van der Waals surface area contributed by atoms with E-state index in [1.165, 1.54) is 44.9 Å². The van der Waals surface area contributed by atoms with Crippen molar-refractivity contribution in [1.29, 1.82) is 0 Å². The molecule has 0 saturated heterocycles. The van der Waals surface area contributed by atoms with Crippen LogP contribution in [0.15, 0.2) is 11.6 Å². The predicted molar refractivity (Wildman–Crippen MR) is 122 cm³/mol. The van der Waals surface area contributed by atoms with Crippen molar-refractivity contribution in [2.45, 2.75) is 110 Å². The van der Waals surface area contributed by atoms with Crippen LogP contribution in [-0.2, 0) is 4.74 Å². The molecular weight excluding hydrogens is 372 g/mol. The summed E-state index contributed by atoms with van der Waals surface area (Å²) in [7, 11) is 1.69. The summed E-state index contributed by atoms with van der Waals surface area (Å²) in [6.45, 7) is 7.67. The lowest BCUT2D eigenvalue weighted by molar-refractivity contribution is -0.0558. The van der Waals surface area contributed by atoms with Gasteiger partial charge < -0.3 is 14.9 Å². The molecule has 0 aliphatic heterocycles. The third-order valence-electron chi connectivity index (χ3n) is 10.5. The molecule has 0 radical (unpaired) electrons. The van der Waals surface area contributed by atoms with Gasteiger partial charge in [0.05, 0.1) is 18.3 Å². The van der Waals surface area contributed by atoms with E-state index in [0.717, 1.165) is 55.8 Å². The number of rotatable bonds is 7. The fraction of sp³-hybridized carbons (Fsp3) is 0.926.